The number of aryl methyl sites for hydroxylation is 1. The quantitative estimate of drug-likeness (QED) is 0.482. The molecule has 0 saturated heterocycles. The summed E-state index contributed by atoms with van der Waals surface area (Å²) in [6.07, 6.45) is -3.18. The highest BCUT2D eigenvalue weighted by molar-refractivity contribution is 8.13. The largest absolute Gasteiger partial charge is 0.298 e. The Bertz CT molecular complexity index is 575. The molecule has 0 fully saturated rings. The zero-order valence-corrected chi connectivity index (χ0v) is 9.80. The summed E-state index contributed by atoms with van der Waals surface area (Å²) in [5.74, 6) is 0. The molecule has 0 aromatic carbocycles. The molecule has 0 spiro atoms. The Labute approximate surface area is 98.8 Å². The number of aromatic nitrogens is 1. The van der Waals surface area contributed by atoms with Crippen molar-refractivity contribution in [2.24, 2.45) is 0 Å². The number of rotatable bonds is 3. The van der Waals surface area contributed by atoms with Gasteiger partial charge in [0.15, 0.2) is 5.69 Å². The molecular formula is C7H5ClF2N2O4S. The topological polar surface area (TPSA) is 90.2 Å². The molecule has 0 aliphatic rings. The normalized spacial score (nSPS) is 11.8. The standard InChI is InChI=1S/C7H5ClF2N2O4S/c1-3-5(17(8,15)16)2-4(12(13)14)6(11-3)7(9)10/h2,7H,1H3. The lowest BCUT2D eigenvalue weighted by Gasteiger charge is -2.05. The molecule has 1 rings (SSSR count). The van der Waals surface area contributed by atoms with Crippen molar-refractivity contribution < 1.29 is 22.1 Å². The zero-order valence-electron chi connectivity index (χ0n) is 8.22. The van der Waals surface area contributed by atoms with Crippen molar-refractivity contribution >= 4 is 25.4 Å². The van der Waals surface area contributed by atoms with Gasteiger partial charge in [-0.1, -0.05) is 0 Å². The van der Waals surface area contributed by atoms with E-state index in [2.05, 4.69) is 4.98 Å². The van der Waals surface area contributed by atoms with Gasteiger partial charge in [-0.3, -0.25) is 10.1 Å². The van der Waals surface area contributed by atoms with E-state index in [1.807, 2.05) is 0 Å². The highest BCUT2D eigenvalue weighted by Crippen LogP contribution is 2.31. The van der Waals surface area contributed by atoms with Gasteiger partial charge in [0.2, 0.25) is 0 Å². The van der Waals surface area contributed by atoms with E-state index in [1.165, 1.54) is 0 Å². The molecule has 6 nitrogen and oxygen atoms in total. The minimum atomic E-state index is -4.27. The first-order valence-electron chi connectivity index (χ1n) is 4.03. The van der Waals surface area contributed by atoms with E-state index in [0.717, 1.165) is 6.92 Å². The van der Waals surface area contributed by atoms with Crippen molar-refractivity contribution in [3.63, 3.8) is 0 Å². The summed E-state index contributed by atoms with van der Waals surface area (Å²) in [5.41, 5.74) is -2.48. The fraction of sp³-hybridized carbons (Fsp3) is 0.286. The van der Waals surface area contributed by atoms with Crippen molar-refractivity contribution in [2.75, 3.05) is 0 Å². The van der Waals surface area contributed by atoms with Gasteiger partial charge in [-0.05, 0) is 6.92 Å². The van der Waals surface area contributed by atoms with Crippen LogP contribution in [-0.2, 0) is 9.05 Å². The summed E-state index contributed by atoms with van der Waals surface area (Å²) in [7, 11) is 0.723. The monoisotopic (exact) mass is 286 g/mol. The van der Waals surface area contributed by atoms with Crippen LogP contribution >= 0.6 is 10.7 Å². The van der Waals surface area contributed by atoms with Gasteiger partial charge in [-0.25, -0.2) is 22.2 Å². The van der Waals surface area contributed by atoms with Crippen LogP contribution in [0.4, 0.5) is 14.5 Å². The third kappa shape index (κ3) is 2.86. The average molecular weight is 287 g/mol. The summed E-state index contributed by atoms with van der Waals surface area (Å²) >= 11 is 0. The van der Waals surface area contributed by atoms with Crippen LogP contribution < -0.4 is 0 Å². The number of nitro groups is 1. The molecule has 0 aliphatic heterocycles. The first-order valence-corrected chi connectivity index (χ1v) is 6.34. The molecule has 0 atom stereocenters. The summed E-state index contributed by atoms with van der Waals surface area (Å²) in [6.45, 7) is 1.12. The predicted molar refractivity (Wildman–Crippen MR) is 53.6 cm³/mol. The van der Waals surface area contributed by atoms with Crippen LogP contribution in [0.3, 0.4) is 0 Å². The lowest BCUT2D eigenvalue weighted by molar-refractivity contribution is -0.386. The second-order valence-electron chi connectivity index (χ2n) is 2.97. The fourth-order valence-corrected chi connectivity index (χ4v) is 2.27. The molecule has 94 valence electrons. The molecule has 0 unspecified atom stereocenters. The Kier molecular flexibility index (Phi) is 3.62. The van der Waals surface area contributed by atoms with Crippen molar-refractivity contribution in [1.29, 1.82) is 0 Å². The minimum absolute atomic E-state index is 0.319. The van der Waals surface area contributed by atoms with Gasteiger partial charge in [0.1, 0.15) is 4.90 Å². The van der Waals surface area contributed by atoms with E-state index in [1.54, 1.807) is 0 Å². The first-order chi connectivity index (χ1) is 7.64. The average Bonchev–Trinajstić information content (AvgIpc) is 2.14. The van der Waals surface area contributed by atoms with Crippen LogP contribution in [0.1, 0.15) is 17.8 Å². The van der Waals surface area contributed by atoms with Crippen LogP contribution in [0.15, 0.2) is 11.0 Å². The maximum atomic E-state index is 12.4. The van der Waals surface area contributed by atoms with E-state index < -0.39 is 36.7 Å². The second kappa shape index (κ2) is 4.49. The number of nitrogens with zero attached hydrogens (tertiary/aromatic N) is 2. The van der Waals surface area contributed by atoms with Crippen LogP contribution in [-0.4, -0.2) is 18.3 Å². The van der Waals surface area contributed by atoms with E-state index >= 15 is 0 Å². The Hall–Kier alpha value is -1.35. The summed E-state index contributed by atoms with van der Waals surface area (Å²) in [4.78, 5) is 11.9. The van der Waals surface area contributed by atoms with Crippen molar-refractivity contribution in [3.05, 3.63) is 27.6 Å². The zero-order chi connectivity index (χ0) is 13.4. The molecule has 1 aromatic rings. The van der Waals surface area contributed by atoms with Crippen LogP contribution in [0.25, 0.3) is 0 Å². The van der Waals surface area contributed by atoms with Crippen molar-refractivity contribution in [2.45, 2.75) is 18.2 Å². The molecule has 0 bridgehead atoms. The van der Waals surface area contributed by atoms with Gasteiger partial charge in [0, 0.05) is 16.7 Å². The van der Waals surface area contributed by atoms with Gasteiger partial charge in [-0.15, -0.1) is 0 Å². The molecular weight excluding hydrogens is 282 g/mol. The highest BCUT2D eigenvalue weighted by Gasteiger charge is 2.28. The molecule has 0 saturated carbocycles. The van der Waals surface area contributed by atoms with Gasteiger partial charge < -0.3 is 0 Å². The minimum Gasteiger partial charge on any atom is -0.258 e. The number of hydrogen-bond donors (Lipinski definition) is 0. The van der Waals surface area contributed by atoms with E-state index in [9.17, 15) is 27.3 Å². The summed E-state index contributed by atoms with van der Waals surface area (Å²) in [6, 6.07) is 0.478. The van der Waals surface area contributed by atoms with Crippen LogP contribution in [0.2, 0.25) is 0 Å². The van der Waals surface area contributed by atoms with Crippen molar-refractivity contribution in [3.8, 4) is 0 Å². The van der Waals surface area contributed by atoms with E-state index in [4.69, 9.17) is 10.7 Å². The number of alkyl halides is 2. The molecule has 0 radical (unpaired) electrons. The Morgan fingerprint density at radius 3 is 2.41 bits per heavy atom. The van der Waals surface area contributed by atoms with Crippen LogP contribution in [0, 0.1) is 17.0 Å². The Morgan fingerprint density at radius 2 is 2.06 bits per heavy atom. The second-order valence-corrected chi connectivity index (χ2v) is 5.51. The maximum absolute atomic E-state index is 12.4. The maximum Gasteiger partial charge on any atom is 0.298 e. The van der Waals surface area contributed by atoms with Crippen LogP contribution in [0.5, 0.6) is 0 Å². The summed E-state index contributed by atoms with van der Waals surface area (Å²) < 4.78 is 46.9. The number of hydrogen-bond acceptors (Lipinski definition) is 5. The smallest absolute Gasteiger partial charge is 0.258 e. The molecule has 10 heteroatoms. The summed E-state index contributed by atoms with van der Waals surface area (Å²) in [5, 5.41) is 10.5. The predicted octanol–water partition coefficient (Wildman–Crippen LogP) is 2.16. The number of halogens is 3. The Balaban J connectivity index is 3.63. The molecule has 17 heavy (non-hydrogen) atoms. The van der Waals surface area contributed by atoms with Gasteiger partial charge >= 0.3 is 0 Å². The molecule has 0 amide bonds. The first kappa shape index (κ1) is 13.7. The van der Waals surface area contributed by atoms with E-state index in [-0.39, 0.29) is 5.69 Å². The molecule has 0 aliphatic carbocycles. The molecule has 0 N–H and O–H groups in total. The number of pyridine rings is 1. The third-order valence-corrected chi connectivity index (χ3v) is 3.28. The van der Waals surface area contributed by atoms with E-state index in [0.29, 0.717) is 6.07 Å². The highest BCUT2D eigenvalue weighted by atomic mass is 35.7. The molecule has 1 heterocycles. The fourth-order valence-electron chi connectivity index (χ4n) is 1.15. The Morgan fingerprint density at radius 1 is 1.53 bits per heavy atom. The lowest BCUT2D eigenvalue weighted by Crippen LogP contribution is -2.05. The third-order valence-electron chi connectivity index (χ3n) is 1.84. The van der Waals surface area contributed by atoms with Gasteiger partial charge in [0.05, 0.1) is 10.6 Å². The van der Waals surface area contributed by atoms with Gasteiger partial charge in [0.25, 0.3) is 21.2 Å². The van der Waals surface area contributed by atoms with Crippen molar-refractivity contribution in [1.82, 2.24) is 4.98 Å². The molecule has 1 aromatic heterocycles. The SMILES string of the molecule is Cc1nc(C(F)F)c([N+](=O)[O-])cc1S(=O)(=O)Cl. The lowest BCUT2D eigenvalue weighted by atomic mass is 10.2. The van der Waals surface area contributed by atoms with Gasteiger partial charge in [-0.2, -0.15) is 0 Å².